The van der Waals surface area contributed by atoms with Crippen molar-refractivity contribution >= 4 is 27.0 Å². The van der Waals surface area contributed by atoms with Crippen molar-refractivity contribution in [2.75, 3.05) is 7.11 Å². The number of nitrogens with zero attached hydrogens (tertiary/aromatic N) is 1. The number of methoxy groups -OCH3 is 1. The second kappa shape index (κ2) is 5.56. The molecule has 1 atom stereocenters. The molecule has 7 heteroatoms. The monoisotopic (exact) mass is 287 g/mol. The summed E-state index contributed by atoms with van der Waals surface area (Å²) < 4.78 is 32.6. The normalized spacial score (nSPS) is 19.4. The van der Waals surface area contributed by atoms with Crippen LogP contribution in [-0.4, -0.2) is 43.9 Å². The van der Waals surface area contributed by atoms with Crippen LogP contribution in [0.5, 0.6) is 0 Å². The Bertz CT molecular complexity index is 570. The molecule has 0 bridgehead atoms. The van der Waals surface area contributed by atoms with E-state index in [1.54, 1.807) is 27.7 Å². The fourth-order valence-electron chi connectivity index (χ4n) is 1.54. The van der Waals surface area contributed by atoms with Gasteiger partial charge in [0.05, 0.1) is 18.7 Å². The summed E-state index contributed by atoms with van der Waals surface area (Å²) in [6, 6.07) is -0.680. The van der Waals surface area contributed by atoms with E-state index in [2.05, 4.69) is 4.99 Å². The van der Waals surface area contributed by atoms with Crippen molar-refractivity contribution in [3.63, 3.8) is 0 Å². The minimum absolute atomic E-state index is 0.0393. The summed E-state index contributed by atoms with van der Waals surface area (Å²) in [7, 11) is -1.15. The molecule has 0 aliphatic carbocycles. The summed E-state index contributed by atoms with van der Waals surface area (Å²) in [4.78, 5) is 16.0. The van der Waals surface area contributed by atoms with E-state index in [1.165, 1.54) is 13.2 Å². The van der Waals surface area contributed by atoms with Crippen molar-refractivity contribution < 1.29 is 22.7 Å². The molecular formula is C12H17NO5S. The first-order chi connectivity index (χ1) is 8.65. The second-order valence-corrected chi connectivity index (χ2v) is 5.92. The van der Waals surface area contributed by atoms with E-state index in [9.17, 15) is 13.2 Å². The summed E-state index contributed by atoms with van der Waals surface area (Å²) >= 11 is 0. The van der Waals surface area contributed by atoms with Crippen molar-refractivity contribution in [1.29, 1.82) is 0 Å². The Balaban J connectivity index is 3.27. The molecule has 0 aromatic heterocycles. The number of hydrogen-bond donors (Lipinski definition) is 0. The van der Waals surface area contributed by atoms with Crippen molar-refractivity contribution in [2.45, 2.75) is 39.3 Å². The molecule has 106 valence electrons. The van der Waals surface area contributed by atoms with Gasteiger partial charge in [-0.3, -0.25) is 0 Å². The molecule has 0 saturated heterocycles. The Morgan fingerprint density at radius 3 is 2.37 bits per heavy atom. The van der Waals surface area contributed by atoms with E-state index in [0.29, 0.717) is 0 Å². The summed E-state index contributed by atoms with van der Waals surface area (Å²) in [5, 5.41) is 0. The standard InChI is InChI=1S/C12H17NO5S/c1-7-10(19(15)16)8(6-9(13-7)17-5)11(14)18-12(2,3)4/h6-7H,1-5H3. The molecule has 0 aromatic carbocycles. The van der Waals surface area contributed by atoms with Crippen molar-refractivity contribution in [1.82, 2.24) is 0 Å². The maximum atomic E-state index is 12.0. The third-order valence-electron chi connectivity index (χ3n) is 2.24. The molecular weight excluding hydrogens is 270 g/mol. The summed E-state index contributed by atoms with van der Waals surface area (Å²) in [6.45, 7) is 6.69. The van der Waals surface area contributed by atoms with Gasteiger partial charge in [0, 0.05) is 6.08 Å². The van der Waals surface area contributed by atoms with E-state index in [-0.39, 0.29) is 16.3 Å². The van der Waals surface area contributed by atoms with Crippen LogP contribution in [0.3, 0.4) is 0 Å². The first-order valence-electron chi connectivity index (χ1n) is 5.69. The Labute approximate surface area is 113 Å². The SMILES string of the molecule is COC1=NC(C)C(=S(=O)=O)C(C(=O)OC(C)(C)C)=C1. The lowest BCUT2D eigenvalue weighted by Crippen LogP contribution is -2.33. The molecule has 0 N–H and O–H groups in total. The summed E-state index contributed by atoms with van der Waals surface area (Å²) in [5.41, 5.74) is -0.749. The van der Waals surface area contributed by atoms with E-state index < -0.39 is 27.9 Å². The van der Waals surface area contributed by atoms with Crippen molar-refractivity contribution in [3.8, 4) is 0 Å². The first kappa shape index (κ1) is 15.4. The molecule has 0 amide bonds. The van der Waals surface area contributed by atoms with Gasteiger partial charge in [-0.25, -0.2) is 9.79 Å². The number of carbonyl (C=O) groups excluding carboxylic acids is 1. The van der Waals surface area contributed by atoms with Crippen LogP contribution in [-0.2, 0) is 24.6 Å². The van der Waals surface area contributed by atoms with Gasteiger partial charge in [0.25, 0.3) is 0 Å². The molecule has 0 fully saturated rings. The number of esters is 1. The van der Waals surface area contributed by atoms with Gasteiger partial charge in [-0.1, -0.05) is 0 Å². The van der Waals surface area contributed by atoms with Crippen molar-refractivity contribution in [3.05, 3.63) is 11.6 Å². The van der Waals surface area contributed by atoms with Crippen LogP contribution in [0.15, 0.2) is 16.6 Å². The zero-order valence-electron chi connectivity index (χ0n) is 11.6. The molecule has 0 saturated carbocycles. The third kappa shape index (κ3) is 3.92. The van der Waals surface area contributed by atoms with Crippen LogP contribution in [0.1, 0.15) is 27.7 Å². The molecule has 19 heavy (non-hydrogen) atoms. The van der Waals surface area contributed by atoms with Gasteiger partial charge in [0.1, 0.15) is 10.5 Å². The highest BCUT2D eigenvalue weighted by molar-refractivity contribution is 7.73. The number of carbonyl (C=O) groups is 1. The molecule has 1 unspecified atom stereocenters. The maximum absolute atomic E-state index is 12.0. The van der Waals surface area contributed by atoms with Gasteiger partial charge >= 0.3 is 5.97 Å². The maximum Gasteiger partial charge on any atom is 0.340 e. The molecule has 0 aromatic rings. The quantitative estimate of drug-likeness (QED) is 0.525. The fourth-order valence-corrected chi connectivity index (χ4v) is 2.19. The lowest BCUT2D eigenvalue weighted by atomic mass is 10.0. The topological polar surface area (TPSA) is 82.0 Å². The molecule has 1 rings (SSSR count). The van der Waals surface area contributed by atoms with Gasteiger partial charge in [-0.2, -0.15) is 8.42 Å². The van der Waals surface area contributed by atoms with Crippen LogP contribution in [0.2, 0.25) is 0 Å². The fraction of sp³-hybridized carbons (Fsp3) is 0.583. The average Bonchev–Trinajstić information content (AvgIpc) is 2.24. The van der Waals surface area contributed by atoms with Crippen LogP contribution < -0.4 is 0 Å². The highest BCUT2D eigenvalue weighted by Gasteiger charge is 2.30. The van der Waals surface area contributed by atoms with Crippen LogP contribution in [0.4, 0.5) is 0 Å². The molecule has 1 aliphatic rings. The highest BCUT2D eigenvalue weighted by atomic mass is 32.2. The number of aliphatic imine (C=N–C) groups is 1. The van der Waals surface area contributed by atoms with Crippen LogP contribution >= 0.6 is 0 Å². The molecule has 1 aliphatic heterocycles. The van der Waals surface area contributed by atoms with Crippen LogP contribution in [0.25, 0.3) is 0 Å². The summed E-state index contributed by atoms with van der Waals surface area (Å²) in [5.74, 6) is -0.509. The zero-order chi connectivity index (χ0) is 14.8. The molecule has 0 spiro atoms. The van der Waals surface area contributed by atoms with E-state index >= 15 is 0 Å². The number of hydrogen-bond acceptors (Lipinski definition) is 6. The zero-order valence-corrected chi connectivity index (χ0v) is 12.4. The van der Waals surface area contributed by atoms with Gasteiger partial charge in [0.2, 0.25) is 16.2 Å². The van der Waals surface area contributed by atoms with Gasteiger partial charge in [-0.15, -0.1) is 0 Å². The summed E-state index contributed by atoms with van der Waals surface area (Å²) in [6.07, 6.45) is 1.28. The Kier molecular flexibility index (Phi) is 4.52. The number of ether oxygens (including phenoxy) is 2. The van der Waals surface area contributed by atoms with E-state index in [0.717, 1.165) is 0 Å². The Morgan fingerprint density at radius 1 is 1.37 bits per heavy atom. The van der Waals surface area contributed by atoms with Gasteiger partial charge in [-0.05, 0) is 27.7 Å². The highest BCUT2D eigenvalue weighted by Crippen LogP contribution is 2.17. The van der Waals surface area contributed by atoms with E-state index in [4.69, 9.17) is 9.47 Å². The predicted molar refractivity (Wildman–Crippen MR) is 71.8 cm³/mol. The molecule has 1 heterocycles. The molecule has 0 radical (unpaired) electrons. The lowest BCUT2D eigenvalue weighted by molar-refractivity contribution is -0.149. The van der Waals surface area contributed by atoms with Gasteiger partial charge in [0.15, 0.2) is 0 Å². The molecule has 6 nitrogen and oxygen atoms in total. The smallest absolute Gasteiger partial charge is 0.340 e. The number of rotatable bonds is 1. The van der Waals surface area contributed by atoms with Crippen LogP contribution in [0, 0.1) is 0 Å². The second-order valence-electron chi connectivity index (χ2n) is 5.01. The lowest BCUT2D eigenvalue weighted by Gasteiger charge is -2.23. The largest absolute Gasteiger partial charge is 0.481 e. The number of dihydropyridines is 1. The Morgan fingerprint density at radius 2 is 1.95 bits per heavy atom. The third-order valence-corrected chi connectivity index (χ3v) is 3.16. The minimum atomic E-state index is -2.54. The van der Waals surface area contributed by atoms with Crippen molar-refractivity contribution in [2.24, 2.45) is 4.99 Å². The predicted octanol–water partition coefficient (Wildman–Crippen LogP) is 0.753. The Hall–Kier alpha value is -1.63. The minimum Gasteiger partial charge on any atom is -0.481 e. The van der Waals surface area contributed by atoms with Gasteiger partial charge < -0.3 is 9.47 Å². The van der Waals surface area contributed by atoms with E-state index in [1.807, 2.05) is 0 Å². The average molecular weight is 287 g/mol. The first-order valence-corrected chi connectivity index (χ1v) is 6.76.